The Balaban J connectivity index is 3.22. The lowest BCUT2D eigenvalue weighted by Crippen LogP contribution is -2.28. The predicted octanol–water partition coefficient (Wildman–Crippen LogP) is 2.35. The maximum absolute atomic E-state index is 3.44. The van der Waals surface area contributed by atoms with Gasteiger partial charge in [-0.3, -0.25) is 0 Å². The van der Waals surface area contributed by atoms with Gasteiger partial charge in [-0.05, 0) is 45.4 Å². The minimum atomic E-state index is 0.621. The van der Waals surface area contributed by atoms with Gasteiger partial charge in [0, 0.05) is 6.04 Å². The van der Waals surface area contributed by atoms with Gasteiger partial charge in [0.25, 0.3) is 0 Å². The third-order valence-electron chi connectivity index (χ3n) is 2.36. The lowest BCUT2D eigenvalue weighted by atomic mass is 10.1. The van der Waals surface area contributed by atoms with Crippen LogP contribution in [0.4, 0.5) is 0 Å². The van der Waals surface area contributed by atoms with Crippen LogP contribution in [0, 0.1) is 5.92 Å². The standard InChI is InChI=1S/C12H28N2/c1-11(2)7-10-14(5)9-6-8-13-12(3)4/h11-13H,6-10H2,1-5H3. The van der Waals surface area contributed by atoms with Crippen molar-refractivity contribution in [1.29, 1.82) is 0 Å². The van der Waals surface area contributed by atoms with Crippen molar-refractivity contribution in [3.05, 3.63) is 0 Å². The van der Waals surface area contributed by atoms with Crippen LogP contribution in [0.15, 0.2) is 0 Å². The first-order chi connectivity index (χ1) is 6.52. The van der Waals surface area contributed by atoms with Crippen molar-refractivity contribution >= 4 is 0 Å². The molecule has 0 aromatic carbocycles. The molecule has 0 rings (SSSR count). The molecule has 0 aromatic heterocycles. The minimum Gasteiger partial charge on any atom is -0.314 e. The second-order valence-corrected chi connectivity index (χ2v) is 4.95. The van der Waals surface area contributed by atoms with E-state index in [0.717, 1.165) is 12.5 Å². The fourth-order valence-electron chi connectivity index (χ4n) is 1.33. The zero-order chi connectivity index (χ0) is 11.0. The lowest BCUT2D eigenvalue weighted by molar-refractivity contribution is 0.303. The molecular weight excluding hydrogens is 172 g/mol. The highest BCUT2D eigenvalue weighted by Gasteiger charge is 2.00. The van der Waals surface area contributed by atoms with Gasteiger partial charge in [0.2, 0.25) is 0 Å². The Hall–Kier alpha value is -0.0800. The summed E-state index contributed by atoms with van der Waals surface area (Å²) in [6, 6.07) is 0.621. The zero-order valence-electron chi connectivity index (χ0n) is 10.6. The first-order valence-corrected chi connectivity index (χ1v) is 5.94. The Labute approximate surface area is 90.1 Å². The number of rotatable bonds is 8. The Kier molecular flexibility index (Phi) is 8.20. The third kappa shape index (κ3) is 10.0. The third-order valence-corrected chi connectivity index (χ3v) is 2.36. The van der Waals surface area contributed by atoms with E-state index in [-0.39, 0.29) is 0 Å². The molecule has 0 spiro atoms. The molecule has 0 aromatic rings. The zero-order valence-corrected chi connectivity index (χ0v) is 10.6. The van der Waals surface area contributed by atoms with Crippen LogP contribution in [0.2, 0.25) is 0 Å². The largest absolute Gasteiger partial charge is 0.314 e. The van der Waals surface area contributed by atoms with Gasteiger partial charge in [-0.25, -0.2) is 0 Å². The van der Waals surface area contributed by atoms with Crippen molar-refractivity contribution in [3.63, 3.8) is 0 Å². The van der Waals surface area contributed by atoms with Crippen molar-refractivity contribution < 1.29 is 0 Å². The molecule has 86 valence electrons. The van der Waals surface area contributed by atoms with Gasteiger partial charge in [-0.15, -0.1) is 0 Å². The molecule has 0 heterocycles. The van der Waals surface area contributed by atoms with Gasteiger partial charge in [-0.1, -0.05) is 27.7 Å². The van der Waals surface area contributed by atoms with Crippen LogP contribution in [-0.4, -0.2) is 37.6 Å². The fourth-order valence-corrected chi connectivity index (χ4v) is 1.33. The SMILES string of the molecule is CC(C)CCN(C)CCCNC(C)C. The topological polar surface area (TPSA) is 15.3 Å². The van der Waals surface area contributed by atoms with Crippen molar-refractivity contribution in [2.45, 2.75) is 46.6 Å². The second-order valence-electron chi connectivity index (χ2n) is 4.95. The molecule has 1 N–H and O–H groups in total. The number of hydrogen-bond acceptors (Lipinski definition) is 2. The molecule has 14 heavy (non-hydrogen) atoms. The summed E-state index contributed by atoms with van der Waals surface area (Å²) in [6.07, 6.45) is 2.57. The minimum absolute atomic E-state index is 0.621. The first kappa shape index (κ1) is 13.9. The molecule has 2 nitrogen and oxygen atoms in total. The highest BCUT2D eigenvalue weighted by Crippen LogP contribution is 2.00. The van der Waals surface area contributed by atoms with E-state index in [1.165, 1.54) is 25.9 Å². The van der Waals surface area contributed by atoms with Crippen molar-refractivity contribution in [2.24, 2.45) is 5.92 Å². The Bertz CT molecular complexity index is 121. The summed E-state index contributed by atoms with van der Waals surface area (Å²) in [5.74, 6) is 0.825. The van der Waals surface area contributed by atoms with Crippen LogP contribution in [-0.2, 0) is 0 Å². The second kappa shape index (κ2) is 8.25. The molecule has 0 aliphatic heterocycles. The van der Waals surface area contributed by atoms with Crippen LogP contribution in [0.3, 0.4) is 0 Å². The Morgan fingerprint density at radius 2 is 1.71 bits per heavy atom. The molecular formula is C12H28N2. The molecule has 0 radical (unpaired) electrons. The van der Waals surface area contributed by atoms with E-state index in [9.17, 15) is 0 Å². The number of nitrogens with zero attached hydrogens (tertiary/aromatic N) is 1. The first-order valence-electron chi connectivity index (χ1n) is 5.94. The molecule has 0 bridgehead atoms. The van der Waals surface area contributed by atoms with Crippen LogP contribution in [0.5, 0.6) is 0 Å². The van der Waals surface area contributed by atoms with Crippen LogP contribution in [0.1, 0.15) is 40.5 Å². The molecule has 0 unspecified atom stereocenters. The lowest BCUT2D eigenvalue weighted by Gasteiger charge is -2.18. The van der Waals surface area contributed by atoms with Crippen molar-refractivity contribution in [1.82, 2.24) is 10.2 Å². The smallest absolute Gasteiger partial charge is 0.00103 e. The molecule has 0 aliphatic rings. The highest BCUT2D eigenvalue weighted by atomic mass is 15.1. The average Bonchev–Trinajstić information content (AvgIpc) is 2.08. The highest BCUT2D eigenvalue weighted by molar-refractivity contribution is 4.57. The van der Waals surface area contributed by atoms with Gasteiger partial charge in [0.1, 0.15) is 0 Å². The molecule has 0 atom stereocenters. The predicted molar refractivity (Wildman–Crippen MR) is 64.7 cm³/mol. The van der Waals surface area contributed by atoms with Gasteiger partial charge in [0.15, 0.2) is 0 Å². The van der Waals surface area contributed by atoms with Crippen molar-refractivity contribution in [3.8, 4) is 0 Å². The van der Waals surface area contributed by atoms with Gasteiger partial charge in [-0.2, -0.15) is 0 Å². The molecule has 0 saturated heterocycles. The normalized spacial score (nSPS) is 12.0. The van der Waals surface area contributed by atoms with Gasteiger partial charge >= 0.3 is 0 Å². The molecule has 0 saturated carbocycles. The quantitative estimate of drug-likeness (QED) is 0.605. The Morgan fingerprint density at radius 3 is 2.21 bits per heavy atom. The summed E-state index contributed by atoms with van der Waals surface area (Å²) in [4.78, 5) is 2.43. The molecule has 0 fully saturated rings. The summed E-state index contributed by atoms with van der Waals surface area (Å²) in [5.41, 5.74) is 0. The summed E-state index contributed by atoms with van der Waals surface area (Å²) < 4.78 is 0. The van der Waals surface area contributed by atoms with Gasteiger partial charge in [0.05, 0.1) is 0 Å². The van der Waals surface area contributed by atoms with E-state index in [2.05, 4.69) is 45.0 Å². The van der Waals surface area contributed by atoms with E-state index >= 15 is 0 Å². The van der Waals surface area contributed by atoms with Crippen molar-refractivity contribution in [2.75, 3.05) is 26.7 Å². The monoisotopic (exact) mass is 200 g/mol. The summed E-state index contributed by atoms with van der Waals surface area (Å²) in [7, 11) is 2.22. The van der Waals surface area contributed by atoms with E-state index in [4.69, 9.17) is 0 Å². The van der Waals surface area contributed by atoms with E-state index in [1.54, 1.807) is 0 Å². The Morgan fingerprint density at radius 1 is 1.07 bits per heavy atom. The molecule has 0 aliphatic carbocycles. The van der Waals surface area contributed by atoms with E-state index in [0.29, 0.717) is 6.04 Å². The summed E-state index contributed by atoms with van der Waals surface area (Å²) in [6.45, 7) is 12.6. The summed E-state index contributed by atoms with van der Waals surface area (Å²) >= 11 is 0. The molecule has 2 heteroatoms. The summed E-state index contributed by atoms with van der Waals surface area (Å²) in [5, 5.41) is 3.44. The number of nitrogens with one attached hydrogen (secondary N) is 1. The number of hydrogen-bond donors (Lipinski definition) is 1. The molecule has 0 amide bonds. The van der Waals surface area contributed by atoms with Crippen LogP contribution < -0.4 is 5.32 Å². The van der Waals surface area contributed by atoms with Crippen LogP contribution >= 0.6 is 0 Å². The van der Waals surface area contributed by atoms with Gasteiger partial charge < -0.3 is 10.2 Å². The van der Waals surface area contributed by atoms with E-state index in [1.807, 2.05) is 0 Å². The maximum atomic E-state index is 3.44. The van der Waals surface area contributed by atoms with Crippen LogP contribution in [0.25, 0.3) is 0 Å². The maximum Gasteiger partial charge on any atom is 0.00103 e. The fraction of sp³-hybridized carbons (Fsp3) is 1.00. The van der Waals surface area contributed by atoms with E-state index < -0.39 is 0 Å². The average molecular weight is 200 g/mol.